The number of nitrogens with zero attached hydrogens (tertiary/aromatic N) is 5. The second-order valence-electron chi connectivity index (χ2n) is 8.57. The summed E-state index contributed by atoms with van der Waals surface area (Å²) in [5.74, 6) is 1.63. The Morgan fingerprint density at radius 2 is 2.03 bits per heavy atom. The maximum absolute atomic E-state index is 11.5. The van der Waals surface area contributed by atoms with E-state index in [0.717, 1.165) is 27.5 Å². The molecule has 0 spiro atoms. The summed E-state index contributed by atoms with van der Waals surface area (Å²) in [4.78, 5) is 26.9. The van der Waals surface area contributed by atoms with Crippen LogP contribution in [0.1, 0.15) is 19.9 Å². The quantitative estimate of drug-likeness (QED) is 0.422. The van der Waals surface area contributed by atoms with E-state index in [2.05, 4.69) is 57.3 Å². The SMILES string of the molecule is COc1cc(Nc2ncc3ccc4ccn(C(C)C)c4c3n2)ncc1NCC1COC(=O)N1C. The van der Waals surface area contributed by atoms with Crippen LogP contribution >= 0.6 is 0 Å². The topological polar surface area (TPSA) is 106 Å². The summed E-state index contributed by atoms with van der Waals surface area (Å²) in [6, 6.07) is 8.28. The van der Waals surface area contributed by atoms with Gasteiger partial charge in [0.25, 0.3) is 0 Å². The van der Waals surface area contributed by atoms with Crippen molar-refractivity contribution in [3.05, 3.63) is 42.9 Å². The lowest BCUT2D eigenvalue weighted by Crippen LogP contribution is -2.35. The molecular weight excluding hydrogens is 434 g/mol. The standard InChI is InChI=1S/C24H27N7O3/c1-14(2)31-8-7-15-5-6-16-10-27-23(29-21(16)22(15)31)28-20-9-19(33-4)18(12-26-20)25-11-17-13-34-24(32)30(17)3/h5-10,12,14,17,25H,11,13H2,1-4H3,(H,26,27,28,29). The van der Waals surface area contributed by atoms with Gasteiger partial charge in [-0.25, -0.2) is 19.7 Å². The highest BCUT2D eigenvalue weighted by Gasteiger charge is 2.29. The predicted molar refractivity (Wildman–Crippen MR) is 131 cm³/mol. The van der Waals surface area contributed by atoms with E-state index in [1.807, 2.05) is 12.3 Å². The number of rotatable bonds is 7. The summed E-state index contributed by atoms with van der Waals surface area (Å²) < 4.78 is 12.8. The van der Waals surface area contributed by atoms with Gasteiger partial charge in [0, 0.05) is 48.9 Å². The summed E-state index contributed by atoms with van der Waals surface area (Å²) in [7, 11) is 3.32. The molecule has 1 saturated heterocycles. The number of methoxy groups -OCH3 is 1. The summed E-state index contributed by atoms with van der Waals surface area (Å²) in [6.45, 7) is 5.18. The van der Waals surface area contributed by atoms with Crippen LogP contribution in [0, 0.1) is 0 Å². The first-order valence-electron chi connectivity index (χ1n) is 11.2. The molecule has 176 valence electrons. The third-order valence-corrected chi connectivity index (χ3v) is 6.08. The molecule has 3 aromatic heterocycles. The highest BCUT2D eigenvalue weighted by Crippen LogP contribution is 2.30. The first-order chi connectivity index (χ1) is 16.4. The number of amides is 1. The van der Waals surface area contributed by atoms with Crippen molar-refractivity contribution in [3.8, 4) is 5.75 Å². The Balaban J connectivity index is 1.39. The Bertz CT molecular complexity index is 1370. The fourth-order valence-corrected chi connectivity index (χ4v) is 4.10. The summed E-state index contributed by atoms with van der Waals surface area (Å²) in [5, 5.41) is 8.59. The minimum atomic E-state index is -0.315. The molecule has 1 aliphatic rings. The molecule has 1 fully saturated rings. The predicted octanol–water partition coefficient (Wildman–Crippen LogP) is 4.18. The van der Waals surface area contributed by atoms with E-state index in [9.17, 15) is 4.79 Å². The summed E-state index contributed by atoms with van der Waals surface area (Å²) in [5.41, 5.74) is 2.69. The van der Waals surface area contributed by atoms with Crippen molar-refractivity contribution < 1.29 is 14.3 Å². The van der Waals surface area contributed by atoms with E-state index in [4.69, 9.17) is 14.5 Å². The van der Waals surface area contributed by atoms with Crippen molar-refractivity contribution in [2.75, 3.05) is 37.9 Å². The Hall–Kier alpha value is -4.08. The van der Waals surface area contributed by atoms with Gasteiger partial charge in [-0.1, -0.05) is 12.1 Å². The molecule has 0 radical (unpaired) electrons. The molecule has 0 saturated carbocycles. The lowest BCUT2D eigenvalue weighted by Gasteiger charge is -2.18. The van der Waals surface area contributed by atoms with Gasteiger partial charge in [-0.3, -0.25) is 0 Å². The maximum Gasteiger partial charge on any atom is 0.410 e. The van der Waals surface area contributed by atoms with Gasteiger partial charge in [-0.05, 0) is 19.9 Å². The van der Waals surface area contributed by atoms with Crippen molar-refractivity contribution in [1.82, 2.24) is 24.4 Å². The number of benzene rings is 1. The largest absolute Gasteiger partial charge is 0.494 e. The highest BCUT2D eigenvalue weighted by molar-refractivity contribution is 6.03. The molecule has 10 nitrogen and oxygen atoms in total. The molecule has 1 unspecified atom stereocenters. The van der Waals surface area contributed by atoms with Gasteiger partial charge in [0.2, 0.25) is 5.95 Å². The third kappa shape index (κ3) is 3.91. The van der Waals surface area contributed by atoms with Crippen molar-refractivity contribution in [3.63, 3.8) is 0 Å². The highest BCUT2D eigenvalue weighted by atomic mass is 16.6. The number of pyridine rings is 1. The number of hydrogen-bond acceptors (Lipinski definition) is 8. The molecule has 1 atom stereocenters. The van der Waals surface area contributed by atoms with Crippen LogP contribution in [0.5, 0.6) is 5.75 Å². The fraction of sp³-hybridized carbons (Fsp3) is 0.333. The zero-order chi connectivity index (χ0) is 23.8. The average Bonchev–Trinajstić information content (AvgIpc) is 3.42. The Morgan fingerprint density at radius 1 is 1.21 bits per heavy atom. The van der Waals surface area contributed by atoms with Gasteiger partial charge in [0.15, 0.2) is 0 Å². The van der Waals surface area contributed by atoms with Crippen LogP contribution in [0.25, 0.3) is 21.8 Å². The molecule has 4 aromatic rings. The number of carbonyl (C=O) groups is 1. The molecule has 0 aliphatic carbocycles. The molecule has 1 amide bonds. The minimum Gasteiger partial charge on any atom is -0.494 e. The first-order valence-corrected chi connectivity index (χ1v) is 11.2. The minimum absolute atomic E-state index is 0.0531. The van der Waals surface area contributed by atoms with Crippen LogP contribution in [-0.4, -0.2) is 63.9 Å². The third-order valence-electron chi connectivity index (χ3n) is 6.08. The van der Waals surface area contributed by atoms with Gasteiger partial charge in [-0.15, -0.1) is 0 Å². The Kier molecular flexibility index (Phi) is 5.56. The molecule has 1 aromatic carbocycles. The van der Waals surface area contributed by atoms with Crippen molar-refractivity contribution >= 4 is 45.4 Å². The van der Waals surface area contributed by atoms with E-state index in [1.165, 1.54) is 0 Å². The number of hydrogen-bond donors (Lipinski definition) is 2. The molecule has 2 N–H and O–H groups in total. The number of cyclic esters (lactones) is 1. The molecule has 0 bridgehead atoms. The number of likely N-dealkylation sites (N-methyl/N-ethyl adjacent to an activating group) is 1. The van der Waals surface area contributed by atoms with Crippen molar-refractivity contribution in [2.24, 2.45) is 0 Å². The smallest absolute Gasteiger partial charge is 0.410 e. The Morgan fingerprint density at radius 3 is 2.76 bits per heavy atom. The molecular formula is C24H27N7O3. The number of carbonyl (C=O) groups excluding carboxylic acids is 1. The number of anilines is 3. The van der Waals surface area contributed by atoms with E-state index < -0.39 is 0 Å². The van der Waals surface area contributed by atoms with E-state index in [0.29, 0.717) is 36.7 Å². The lowest BCUT2D eigenvalue weighted by atomic mass is 10.2. The zero-order valence-electron chi connectivity index (χ0n) is 19.6. The number of aromatic nitrogens is 4. The van der Waals surface area contributed by atoms with Crippen LogP contribution < -0.4 is 15.4 Å². The number of ether oxygens (including phenoxy) is 2. The van der Waals surface area contributed by atoms with Gasteiger partial charge in [0.05, 0.1) is 30.6 Å². The number of fused-ring (bicyclic) bond motifs is 3. The van der Waals surface area contributed by atoms with Crippen LogP contribution in [0.15, 0.2) is 42.9 Å². The first kappa shape index (κ1) is 21.7. The van der Waals surface area contributed by atoms with E-state index >= 15 is 0 Å². The van der Waals surface area contributed by atoms with Crippen LogP contribution in [-0.2, 0) is 4.74 Å². The second-order valence-corrected chi connectivity index (χ2v) is 8.57. The van der Waals surface area contributed by atoms with Crippen LogP contribution in [0.4, 0.5) is 22.2 Å². The van der Waals surface area contributed by atoms with Crippen molar-refractivity contribution in [1.29, 1.82) is 0 Å². The Labute approximate surface area is 196 Å². The van der Waals surface area contributed by atoms with Crippen LogP contribution in [0.3, 0.4) is 0 Å². The molecule has 34 heavy (non-hydrogen) atoms. The summed E-state index contributed by atoms with van der Waals surface area (Å²) in [6.07, 6.45) is 5.27. The van der Waals surface area contributed by atoms with Crippen molar-refractivity contribution in [2.45, 2.75) is 25.9 Å². The maximum atomic E-state index is 11.5. The van der Waals surface area contributed by atoms with Crippen LogP contribution in [0.2, 0.25) is 0 Å². The van der Waals surface area contributed by atoms with Gasteiger partial charge in [0.1, 0.15) is 23.7 Å². The zero-order valence-corrected chi connectivity index (χ0v) is 19.6. The fourth-order valence-electron chi connectivity index (χ4n) is 4.10. The molecule has 1 aliphatic heterocycles. The van der Waals surface area contributed by atoms with Gasteiger partial charge < -0.3 is 29.6 Å². The lowest BCUT2D eigenvalue weighted by molar-refractivity contribution is 0.163. The van der Waals surface area contributed by atoms with E-state index in [-0.39, 0.29) is 12.1 Å². The molecule has 4 heterocycles. The average molecular weight is 462 g/mol. The van der Waals surface area contributed by atoms with Gasteiger partial charge >= 0.3 is 6.09 Å². The monoisotopic (exact) mass is 461 g/mol. The molecule has 10 heteroatoms. The van der Waals surface area contributed by atoms with Gasteiger partial charge in [-0.2, -0.15) is 0 Å². The summed E-state index contributed by atoms with van der Waals surface area (Å²) >= 11 is 0. The second kappa shape index (κ2) is 8.69. The van der Waals surface area contributed by atoms with E-state index in [1.54, 1.807) is 31.3 Å². The normalized spacial score (nSPS) is 15.9. The number of nitrogens with one attached hydrogen (secondary N) is 2. The molecule has 5 rings (SSSR count).